The van der Waals surface area contributed by atoms with Gasteiger partial charge in [-0.15, -0.1) is 0 Å². The van der Waals surface area contributed by atoms with Crippen molar-refractivity contribution in [3.63, 3.8) is 0 Å². The Morgan fingerprint density at radius 2 is 2.17 bits per heavy atom. The first-order chi connectivity index (χ1) is 11.2. The van der Waals surface area contributed by atoms with Gasteiger partial charge >= 0.3 is 0 Å². The number of hydrogen-bond donors (Lipinski definition) is 2. The fourth-order valence-electron chi connectivity index (χ4n) is 2.82. The lowest BCUT2D eigenvalue weighted by molar-refractivity contribution is 0.393. The van der Waals surface area contributed by atoms with Crippen LogP contribution in [0.1, 0.15) is 23.4 Å². The number of hydrogen-bond acceptors (Lipinski definition) is 3. The summed E-state index contributed by atoms with van der Waals surface area (Å²) in [5.41, 5.74) is 2.63. The second kappa shape index (κ2) is 7.26. The highest BCUT2D eigenvalue weighted by molar-refractivity contribution is 5.79. The molecule has 3 rings (SSSR count). The quantitative estimate of drug-likeness (QED) is 0.660. The Morgan fingerprint density at radius 1 is 1.35 bits per heavy atom. The molecule has 0 radical (unpaired) electrons. The summed E-state index contributed by atoms with van der Waals surface area (Å²) in [4.78, 5) is 8.58. The minimum absolute atomic E-state index is 0.342. The minimum Gasteiger partial charge on any atom is -0.356 e. The number of fused-ring (bicyclic) bond motifs is 1. The molecule has 23 heavy (non-hydrogen) atoms. The van der Waals surface area contributed by atoms with Gasteiger partial charge in [-0.2, -0.15) is 5.10 Å². The number of aliphatic imine (C=N–C) groups is 1. The van der Waals surface area contributed by atoms with Gasteiger partial charge < -0.3 is 10.6 Å². The number of nitrogens with one attached hydrogen (secondary N) is 2. The van der Waals surface area contributed by atoms with E-state index in [9.17, 15) is 0 Å². The average Bonchev–Trinajstić information content (AvgIpc) is 3.03. The van der Waals surface area contributed by atoms with Gasteiger partial charge in [-0.3, -0.25) is 4.99 Å². The van der Waals surface area contributed by atoms with Crippen molar-refractivity contribution in [3.8, 4) is 0 Å². The number of aryl methyl sites for hydroxylation is 2. The smallest absolute Gasteiger partial charge is 0.191 e. The Hall–Kier alpha value is -2.37. The van der Waals surface area contributed by atoms with Gasteiger partial charge in [-0.1, -0.05) is 29.8 Å². The van der Waals surface area contributed by atoms with Gasteiger partial charge in [0.1, 0.15) is 12.2 Å². The minimum atomic E-state index is 0.342. The number of aromatic nitrogens is 3. The molecule has 0 aliphatic carbocycles. The standard InChI is InChI=1S/C17H24N6/c1-13-3-5-14(6-4-13)9-10-19-17(18-2)22-15-7-8-16-20-12-21-23(16)11-15/h3-6,12,15H,7-11H2,1-2H3,(H2,18,19,22). The molecule has 0 saturated heterocycles. The molecule has 2 heterocycles. The van der Waals surface area contributed by atoms with E-state index in [-0.39, 0.29) is 0 Å². The molecule has 6 nitrogen and oxygen atoms in total. The van der Waals surface area contributed by atoms with Gasteiger partial charge in [0.05, 0.1) is 6.54 Å². The molecular weight excluding hydrogens is 288 g/mol. The summed E-state index contributed by atoms with van der Waals surface area (Å²) in [6.45, 7) is 3.82. The van der Waals surface area contributed by atoms with Crippen molar-refractivity contribution < 1.29 is 0 Å². The van der Waals surface area contributed by atoms with Gasteiger partial charge in [0, 0.05) is 26.1 Å². The molecule has 1 aliphatic rings. The molecule has 1 unspecified atom stereocenters. The van der Waals surface area contributed by atoms with Crippen LogP contribution >= 0.6 is 0 Å². The van der Waals surface area contributed by atoms with Crippen LogP contribution in [-0.4, -0.2) is 40.4 Å². The molecule has 0 amide bonds. The summed E-state index contributed by atoms with van der Waals surface area (Å²) in [6, 6.07) is 9.01. The normalized spacial score (nSPS) is 17.7. The lowest BCUT2D eigenvalue weighted by Gasteiger charge is -2.25. The van der Waals surface area contributed by atoms with Crippen LogP contribution in [0.4, 0.5) is 0 Å². The van der Waals surface area contributed by atoms with E-state index < -0.39 is 0 Å². The zero-order valence-electron chi connectivity index (χ0n) is 13.8. The zero-order valence-corrected chi connectivity index (χ0v) is 13.8. The Bertz CT molecular complexity index is 658. The van der Waals surface area contributed by atoms with E-state index >= 15 is 0 Å². The molecule has 2 aromatic rings. The molecule has 0 bridgehead atoms. The van der Waals surface area contributed by atoms with Crippen LogP contribution in [0.25, 0.3) is 0 Å². The molecule has 0 fully saturated rings. The topological polar surface area (TPSA) is 67.1 Å². The molecule has 1 aromatic carbocycles. The third-order valence-electron chi connectivity index (χ3n) is 4.20. The van der Waals surface area contributed by atoms with Crippen molar-refractivity contribution in [2.24, 2.45) is 4.99 Å². The summed E-state index contributed by atoms with van der Waals surface area (Å²) < 4.78 is 1.97. The van der Waals surface area contributed by atoms with E-state index in [1.54, 1.807) is 6.33 Å². The van der Waals surface area contributed by atoms with Gasteiger partial charge in [-0.25, -0.2) is 9.67 Å². The maximum atomic E-state index is 4.32. The monoisotopic (exact) mass is 312 g/mol. The van der Waals surface area contributed by atoms with Crippen LogP contribution in [0.15, 0.2) is 35.6 Å². The van der Waals surface area contributed by atoms with Gasteiger partial charge in [0.15, 0.2) is 5.96 Å². The summed E-state index contributed by atoms with van der Waals surface area (Å²) >= 11 is 0. The maximum Gasteiger partial charge on any atom is 0.191 e. The summed E-state index contributed by atoms with van der Waals surface area (Å²) in [7, 11) is 1.81. The van der Waals surface area contributed by atoms with E-state index in [1.165, 1.54) is 11.1 Å². The molecule has 122 valence electrons. The molecule has 2 N–H and O–H groups in total. The average molecular weight is 312 g/mol. The van der Waals surface area contributed by atoms with Crippen LogP contribution in [0.2, 0.25) is 0 Å². The van der Waals surface area contributed by atoms with Crippen molar-refractivity contribution in [1.82, 2.24) is 25.4 Å². The van der Waals surface area contributed by atoms with Crippen molar-refractivity contribution >= 4 is 5.96 Å². The second-order valence-corrected chi connectivity index (χ2v) is 5.97. The first kappa shape index (κ1) is 15.5. The summed E-state index contributed by atoms with van der Waals surface area (Å²) in [5, 5.41) is 11.1. The molecule has 0 spiro atoms. The molecule has 1 aromatic heterocycles. The number of benzene rings is 1. The highest BCUT2D eigenvalue weighted by Gasteiger charge is 2.20. The van der Waals surface area contributed by atoms with Crippen LogP contribution < -0.4 is 10.6 Å². The van der Waals surface area contributed by atoms with E-state index in [4.69, 9.17) is 0 Å². The van der Waals surface area contributed by atoms with Crippen LogP contribution in [0, 0.1) is 6.92 Å². The van der Waals surface area contributed by atoms with Gasteiger partial charge in [0.25, 0.3) is 0 Å². The van der Waals surface area contributed by atoms with Crippen molar-refractivity contribution in [1.29, 1.82) is 0 Å². The molecule has 6 heteroatoms. The van der Waals surface area contributed by atoms with Crippen LogP contribution in [0.5, 0.6) is 0 Å². The fraction of sp³-hybridized carbons (Fsp3) is 0.471. The molecule has 1 atom stereocenters. The van der Waals surface area contributed by atoms with E-state index in [1.807, 2.05) is 11.7 Å². The lowest BCUT2D eigenvalue weighted by Crippen LogP contribution is -2.47. The largest absolute Gasteiger partial charge is 0.356 e. The number of rotatable bonds is 4. The molecule has 1 aliphatic heterocycles. The molecular formula is C17H24N6. The van der Waals surface area contributed by atoms with E-state index in [0.717, 1.165) is 44.1 Å². The summed E-state index contributed by atoms with van der Waals surface area (Å²) in [5.74, 6) is 1.93. The Labute approximate surface area is 137 Å². The SMILES string of the molecule is CN=C(NCCc1ccc(C)cc1)NC1CCc2ncnn2C1. The summed E-state index contributed by atoms with van der Waals surface area (Å²) in [6.07, 6.45) is 4.63. The van der Waals surface area contributed by atoms with Gasteiger partial charge in [0.2, 0.25) is 0 Å². The van der Waals surface area contributed by atoms with Crippen molar-refractivity contribution in [2.45, 2.75) is 38.8 Å². The third-order valence-corrected chi connectivity index (χ3v) is 4.20. The second-order valence-electron chi connectivity index (χ2n) is 5.97. The van der Waals surface area contributed by atoms with Gasteiger partial charge in [-0.05, 0) is 25.3 Å². The van der Waals surface area contributed by atoms with E-state index in [2.05, 4.69) is 56.9 Å². The fourth-order valence-corrected chi connectivity index (χ4v) is 2.82. The number of nitrogens with zero attached hydrogens (tertiary/aromatic N) is 4. The Kier molecular flexibility index (Phi) is 4.90. The number of guanidine groups is 1. The lowest BCUT2D eigenvalue weighted by atomic mass is 10.1. The predicted octanol–water partition coefficient (Wildman–Crippen LogP) is 1.31. The zero-order chi connectivity index (χ0) is 16.1. The Morgan fingerprint density at radius 3 is 2.96 bits per heavy atom. The predicted molar refractivity (Wildman–Crippen MR) is 91.5 cm³/mol. The highest BCUT2D eigenvalue weighted by atomic mass is 15.4. The maximum absolute atomic E-state index is 4.32. The van der Waals surface area contributed by atoms with Crippen molar-refractivity contribution in [2.75, 3.05) is 13.6 Å². The van der Waals surface area contributed by atoms with Crippen LogP contribution in [-0.2, 0) is 19.4 Å². The first-order valence-electron chi connectivity index (χ1n) is 8.14. The molecule has 0 saturated carbocycles. The van der Waals surface area contributed by atoms with E-state index in [0.29, 0.717) is 6.04 Å². The first-order valence-corrected chi connectivity index (χ1v) is 8.14. The third kappa shape index (κ3) is 4.09. The van der Waals surface area contributed by atoms with Crippen molar-refractivity contribution in [3.05, 3.63) is 47.5 Å². The highest BCUT2D eigenvalue weighted by Crippen LogP contribution is 2.11. The Balaban J connectivity index is 1.46. The van der Waals surface area contributed by atoms with Crippen LogP contribution in [0.3, 0.4) is 0 Å².